The molecule has 0 aliphatic rings. The van der Waals surface area contributed by atoms with E-state index < -0.39 is 39.7 Å². The van der Waals surface area contributed by atoms with Crippen molar-refractivity contribution in [2.45, 2.75) is 23.4 Å². The smallest absolute Gasteiger partial charge is 0.257 e. The van der Waals surface area contributed by atoms with E-state index in [0.717, 1.165) is 0 Å². The van der Waals surface area contributed by atoms with Gasteiger partial charge in [0, 0.05) is 0 Å². The van der Waals surface area contributed by atoms with Gasteiger partial charge in [0.1, 0.15) is 6.07 Å². The number of ether oxygens (including phenoxy) is 1. The fourth-order valence-corrected chi connectivity index (χ4v) is 0.848. The average molecular weight is 325 g/mol. The van der Waals surface area contributed by atoms with E-state index in [1.165, 1.54) is 0 Å². The molecule has 0 saturated carbocycles. The second-order valence-electron chi connectivity index (χ2n) is 2.78. The topological polar surface area (TPSA) is 67.2 Å². The molecule has 0 amide bonds. The van der Waals surface area contributed by atoms with Crippen molar-refractivity contribution in [2.24, 2.45) is 0 Å². The molecule has 0 aliphatic heterocycles. The molecule has 0 heterocycles. The molecule has 0 aromatic heterocycles. The molecule has 112 valence electrons. The van der Waals surface area contributed by atoms with Gasteiger partial charge in [-0.05, 0) is 0 Å². The third-order valence-electron chi connectivity index (χ3n) is 1.42. The summed E-state index contributed by atoms with van der Waals surface area (Å²) < 4.78 is 130. The van der Waals surface area contributed by atoms with Gasteiger partial charge in [-0.15, -0.1) is 0 Å². The van der Waals surface area contributed by atoms with Gasteiger partial charge < -0.3 is 0 Å². The third-order valence-corrected chi connectivity index (χ3v) is 2.27. The Morgan fingerprint density at radius 2 is 1.32 bits per heavy atom. The highest BCUT2D eigenvalue weighted by atomic mass is 32.3. The number of alkyl halides is 8. The zero-order chi connectivity index (χ0) is 15.9. The zero-order valence-electron chi connectivity index (χ0n) is 7.98. The highest BCUT2D eigenvalue weighted by Gasteiger charge is 2.74. The standard InChI is InChI=1S/C5F9NO3S/c6-2(1-15,3(7,8)9)18-4(10,11)5(12,13)19(14,16)17. The van der Waals surface area contributed by atoms with Crippen LogP contribution in [0.5, 0.6) is 0 Å². The van der Waals surface area contributed by atoms with Crippen molar-refractivity contribution in [3.05, 3.63) is 0 Å². The average Bonchev–Trinajstić information content (AvgIpc) is 2.12. The lowest BCUT2D eigenvalue weighted by atomic mass is 10.3. The first-order chi connectivity index (χ1) is 8.02. The molecule has 0 aromatic carbocycles. The minimum absolute atomic E-state index is 0.546. The Labute approximate surface area is 98.1 Å². The molecule has 0 fully saturated rings. The van der Waals surface area contributed by atoms with Crippen molar-refractivity contribution in [1.82, 2.24) is 0 Å². The molecule has 1 unspecified atom stereocenters. The minimum Gasteiger partial charge on any atom is -0.257 e. The van der Waals surface area contributed by atoms with Gasteiger partial charge in [0.15, 0.2) is 0 Å². The number of hydrogen-bond donors (Lipinski definition) is 0. The summed E-state index contributed by atoms with van der Waals surface area (Å²) in [6.45, 7) is 0. The maximum atomic E-state index is 12.6. The predicted octanol–water partition coefficient (Wildman–Crippen LogP) is 2.24. The van der Waals surface area contributed by atoms with Crippen LogP contribution in [-0.4, -0.2) is 31.8 Å². The molecule has 0 radical (unpaired) electrons. The molecule has 0 bridgehead atoms. The van der Waals surface area contributed by atoms with Crippen LogP contribution >= 0.6 is 0 Å². The van der Waals surface area contributed by atoms with Crippen LogP contribution in [0.3, 0.4) is 0 Å². The van der Waals surface area contributed by atoms with Crippen molar-refractivity contribution in [2.75, 3.05) is 0 Å². The van der Waals surface area contributed by atoms with E-state index in [-0.39, 0.29) is 0 Å². The van der Waals surface area contributed by atoms with E-state index in [1.807, 2.05) is 4.74 Å². The van der Waals surface area contributed by atoms with E-state index in [9.17, 15) is 47.4 Å². The van der Waals surface area contributed by atoms with Crippen molar-refractivity contribution in [3.8, 4) is 6.07 Å². The summed E-state index contributed by atoms with van der Waals surface area (Å²) in [7, 11) is -7.44. The number of nitriles is 1. The summed E-state index contributed by atoms with van der Waals surface area (Å²) in [6, 6.07) is -0.546. The summed E-state index contributed by atoms with van der Waals surface area (Å²) >= 11 is 0. The fraction of sp³-hybridized carbons (Fsp3) is 0.800. The highest BCUT2D eigenvalue weighted by molar-refractivity contribution is 7.87. The quantitative estimate of drug-likeness (QED) is 0.587. The molecule has 14 heteroatoms. The van der Waals surface area contributed by atoms with Gasteiger partial charge in [-0.2, -0.15) is 48.8 Å². The van der Waals surface area contributed by atoms with E-state index in [1.54, 1.807) is 0 Å². The van der Waals surface area contributed by atoms with Crippen molar-refractivity contribution in [1.29, 1.82) is 5.26 Å². The first kappa shape index (κ1) is 17.8. The van der Waals surface area contributed by atoms with E-state index in [2.05, 4.69) is 0 Å². The summed E-state index contributed by atoms with van der Waals surface area (Å²) in [5.41, 5.74) is 0. The van der Waals surface area contributed by atoms with Crippen LogP contribution in [0.15, 0.2) is 0 Å². The van der Waals surface area contributed by atoms with Crippen LogP contribution in [0.4, 0.5) is 39.0 Å². The van der Waals surface area contributed by atoms with Crippen LogP contribution in [0, 0.1) is 11.3 Å². The predicted molar refractivity (Wildman–Crippen MR) is 36.5 cm³/mol. The Hall–Kier alpha value is -1.23. The lowest BCUT2D eigenvalue weighted by Crippen LogP contribution is -2.55. The van der Waals surface area contributed by atoms with Crippen LogP contribution in [0.1, 0.15) is 0 Å². The first-order valence-corrected chi connectivity index (χ1v) is 4.97. The molecule has 0 rings (SSSR count). The monoisotopic (exact) mass is 325 g/mol. The number of halogens is 9. The maximum absolute atomic E-state index is 12.6. The van der Waals surface area contributed by atoms with E-state index >= 15 is 0 Å². The van der Waals surface area contributed by atoms with Crippen molar-refractivity contribution in [3.63, 3.8) is 0 Å². The van der Waals surface area contributed by atoms with Gasteiger partial charge >= 0.3 is 33.6 Å². The van der Waals surface area contributed by atoms with Gasteiger partial charge in [0.25, 0.3) is 0 Å². The lowest BCUT2D eigenvalue weighted by molar-refractivity contribution is -0.420. The van der Waals surface area contributed by atoms with Crippen molar-refractivity contribution >= 4 is 10.2 Å². The SMILES string of the molecule is N#CC(F)(OC(F)(F)C(F)(F)S(=O)(=O)F)C(F)(F)F. The molecule has 0 aliphatic carbocycles. The van der Waals surface area contributed by atoms with Crippen LogP contribution in [0.25, 0.3) is 0 Å². The Morgan fingerprint density at radius 1 is 0.947 bits per heavy atom. The second kappa shape index (κ2) is 4.40. The minimum atomic E-state index is -7.44. The molecule has 0 aromatic rings. The van der Waals surface area contributed by atoms with Crippen LogP contribution in [-0.2, 0) is 15.0 Å². The second-order valence-corrected chi connectivity index (χ2v) is 4.17. The summed E-state index contributed by atoms with van der Waals surface area (Å²) in [6.07, 6.45) is -13.3. The van der Waals surface area contributed by atoms with Gasteiger partial charge in [-0.25, -0.2) is 0 Å². The molecule has 0 N–H and O–H groups in total. The summed E-state index contributed by atoms with van der Waals surface area (Å²) in [4.78, 5) is 0. The normalized spacial score (nSPS) is 17.7. The Bertz CT molecular complexity index is 491. The maximum Gasteiger partial charge on any atom is 0.464 e. The molecule has 0 spiro atoms. The molecular formula is C5F9NO3S. The molecule has 1 atom stereocenters. The van der Waals surface area contributed by atoms with E-state index in [4.69, 9.17) is 5.26 Å². The highest BCUT2D eigenvalue weighted by Crippen LogP contribution is 2.46. The zero-order valence-corrected chi connectivity index (χ0v) is 8.80. The summed E-state index contributed by atoms with van der Waals surface area (Å²) in [5.74, 6) is -5.97. The Kier molecular flexibility index (Phi) is 4.12. The Balaban J connectivity index is 5.70. The van der Waals surface area contributed by atoms with Gasteiger partial charge in [0.05, 0.1) is 0 Å². The molecule has 19 heavy (non-hydrogen) atoms. The largest absolute Gasteiger partial charge is 0.464 e. The van der Waals surface area contributed by atoms with Gasteiger partial charge in [-0.3, -0.25) is 4.74 Å². The number of rotatable bonds is 4. The van der Waals surface area contributed by atoms with Crippen LogP contribution < -0.4 is 0 Å². The van der Waals surface area contributed by atoms with Gasteiger partial charge in [0.2, 0.25) is 0 Å². The van der Waals surface area contributed by atoms with Crippen molar-refractivity contribution < 1.29 is 52.2 Å². The number of nitrogens with zero attached hydrogens (tertiary/aromatic N) is 1. The summed E-state index contributed by atoms with van der Waals surface area (Å²) in [5, 5.41) is 0.827. The fourth-order valence-electron chi connectivity index (χ4n) is 0.522. The third kappa shape index (κ3) is 3.03. The lowest BCUT2D eigenvalue weighted by Gasteiger charge is -2.28. The first-order valence-electron chi connectivity index (χ1n) is 3.59. The molecule has 4 nitrogen and oxygen atoms in total. The van der Waals surface area contributed by atoms with Gasteiger partial charge in [-0.1, -0.05) is 3.89 Å². The molecule has 0 saturated heterocycles. The van der Waals surface area contributed by atoms with E-state index in [0.29, 0.717) is 0 Å². The molecular weight excluding hydrogens is 325 g/mol. The van der Waals surface area contributed by atoms with Crippen LogP contribution in [0.2, 0.25) is 0 Å². The Morgan fingerprint density at radius 3 is 1.53 bits per heavy atom. The number of hydrogen-bond acceptors (Lipinski definition) is 4.